The highest BCUT2D eigenvalue weighted by Gasteiger charge is 2.15. The van der Waals surface area contributed by atoms with Crippen LogP contribution in [-0.2, 0) is 6.54 Å². The van der Waals surface area contributed by atoms with Crippen molar-refractivity contribution < 1.29 is 4.74 Å². The fourth-order valence-corrected chi connectivity index (χ4v) is 2.69. The lowest BCUT2D eigenvalue weighted by Crippen LogP contribution is -2.30. The zero-order valence-corrected chi connectivity index (χ0v) is 14.0. The van der Waals surface area contributed by atoms with Crippen molar-refractivity contribution in [1.29, 1.82) is 0 Å². The molecule has 1 atom stereocenters. The minimum Gasteiger partial charge on any atom is -0.497 e. The van der Waals surface area contributed by atoms with E-state index in [9.17, 15) is 0 Å². The largest absolute Gasteiger partial charge is 0.497 e. The van der Waals surface area contributed by atoms with Gasteiger partial charge in [0, 0.05) is 23.6 Å². The van der Waals surface area contributed by atoms with Gasteiger partial charge >= 0.3 is 0 Å². The summed E-state index contributed by atoms with van der Waals surface area (Å²) in [4.78, 5) is 2.26. The van der Waals surface area contributed by atoms with Gasteiger partial charge in [0.2, 0.25) is 0 Å². The molecule has 112 valence electrons. The quantitative estimate of drug-likeness (QED) is 0.866. The molecule has 0 spiro atoms. The zero-order valence-electron chi connectivity index (χ0n) is 12.4. The van der Waals surface area contributed by atoms with Crippen LogP contribution in [0.25, 0.3) is 0 Å². The molecule has 0 saturated carbocycles. The molecule has 0 heterocycles. The monoisotopic (exact) mass is 348 g/mol. The van der Waals surface area contributed by atoms with E-state index in [4.69, 9.17) is 10.5 Å². The molecule has 2 rings (SSSR count). The number of nitrogens with zero attached hydrogens (tertiary/aromatic N) is 1. The molecule has 0 radical (unpaired) electrons. The van der Waals surface area contributed by atoms with Crippen LogP contribution in [0.2, 0.25) is 0 Å². The number of rotatable bonds is 6. The van der Waals surface area contributed by atoms with E-state index in [0.29, 0.717) is 6.54 Å². The van der Waals surface area contributed by atoms with Crippen molar-refractivity contribution in [3.05, 3.63) is 64.1 Å². The van der Waals surface area contributed by atoms with Gasteiger partial charge in [-0.05, 0) is 42.4 Å². The van der Waals surface area contributed by atoms with Crippen molar-refractivity contribution in [3.8, 4) is 5.75 Å². The minimum absolute atomic E-state index is 0.198. The van der Waals surface area contributed by atoms with E-state index in [2.05, 4.69) is 64.3 Å². The molecule has 2 aromatic rings. The molecule has 2 N–H and O–H groups in total. The Morgan fingerprint density at radius 1 is 1.19 bits per heavy atom. The van der Waals surface area contributed by atoms with Gasteiger partial charge in [0.25, 0.3) is 0 Å². The Kier molecular flexibility index (Phi) is 5.79. The minimum atomic E-state index is 0.198. The Labute approximate surface area is 134 Å². The molecule has 0 amide bonds. The van der Waals surface area contributed by atoms with Crippen LogP contribution in [0.15, 0.2) is 53.0 Å². The van der Waals surface area contributed by atoms with Gasteiger partial charge in [-0.3, -0.25) is 4.90 Å². The number of hydrogen-bond acceptors (Lipinski definition) is 3. The van der Waals surface area contributed by atoms with Crippen molar-refractivity contribution in [2.24, 2.45) is 5.73 Å². The number of halogens is 1. The average molecular weight is 349 g/mol. The fourth-order valence-electron chi connectivity index (χ4n) is 2.42. The summed E-state index contributed by atoms with van der Waals surface area (Å²) in [6.45, 7) is 1.41. The second-order valence-electron chi connectivity index (χ2n) is 5.07. The maximum absolute atomic E-state index is 5.98. The van der Waals surface area contributed by atoms with Crippen LogP contribution in [0.1, 0.15) is 17.2 Å². The first-order valence-electron chi connectivity index (χ1n) is 6.92. The van der Waals surface area contributed by atoms with Crippen LogP contribution in [0.3, 0.4) is 0 Å². The van der Waals surface area contributed by atoms with Crippen LogP contribution in [-0.4, -0.2) is 25.6 Å². The van der Waals surface area contributed by atoms with E-state index in [-0.39, 0.29) is 6.04 Å². The van der Waals surface area contributed by atoms with E-state index >= 15 is 0 Å². The van der Waals surface area contributed by atoms with Crippen molar-refractivity contribution in [3.63, 3.8) is 0 Å². The fraction of sp³-hybridized carbons (Fsp3) is 0.294. The number of nitrogens with two attached hydrogens (primary N) is 1. The number of ether oxygens (including phenoxy) is 1. The maximum atomic E-state index is 5.98. The number of likely N-dealkylation sites (N-methyl/N-ethyl adjacent to an activating group) is 1. The van der Waals surface area contributed by atoms with Crippen LogP contribution >= 0.6 is 15.9 Å². The standard InChI is InChI=1S/C17H21BrN2O/c1-20(12-13-4-3-5-16(10-13)21-2)17(11-19)14-6-8-15(18)9-7-14/h3-10,17H,11-12,19H2,1-2H3. The summed E-state index contributed by atoms with van der Waals surface area (Å²) in [5.41, 5.74) is 8.42. The Bertz CT molecular complexity index is 571. The van der Waals surface area contributed by atoms with Crippen LogP contribution in [0.5, 0.6) is 5.75 Å². The average Bonchev–Trinajstić information content (AvgIpc) is 2.50. The summed E-state index contributed by atoms with van der Waals surface area (Å²) in [7, 11) is 3.78. The molecular weight excluding hydrogens is 328 g/mol. The third-order valence-electron chi connectivity index (χ3n) is 3.58. The third kappa shape index (κ3) is 4.30. The summed E-state index contributed by atoms with van der Waals surface area (Å²) in [6, 6.07) is 16.7. The molecule has 4 heteroatoms. The smallest absolute Gasteiger partial charge is 0.119 e. The summed E-state index contributed by atoms with van der Waals surface area (Å²) >= 11 is 3.46. The number of benzene rings is 2. The van der Waals surface area contributed by atoms with Gasteiger partial charge in [0.05, 0.1) is 7.11 Å². The first-order valence-corrected chi connectivity index (χ1v) is 7.72. The van der Waals surface area contributed by atoms with Gasteiger partial charge in [0.1, 0.15) is 5.75 Å². The van der Waals surface area contributed by atoms with E-state index < -0.39 is 0 Å². The molecule has 0 aliphatic heterocycles. The Morgan fingerprint density at radius 2 is 1.90 bits per heavy atom. The van der Waals surface area contributed by atoms with Crippen molar-refractivity contribution in [2.75, 3.05) is 20.7 Å². The molecular formula is C17H21BrN2O. The molecule has 3 nitrogen and oxygen atoms in total. The summed E-state index contributed by atoms with van der Waals surface area (Å²) in [5, 5.41) is 0. The van der Waals surface area contributed by atoms with Gasteiger partial charge < -0.3 is 10.5 Å². The lowest BCUT2D eigenvalue weighted by atomic mass is 10.0. The van der Waals surface area contributed by atoms with Gasteiger partial charge in [-0.1, -0.05) is 40.2 Å². The molecule has 1 unspecified atom stereocenters. The van der Waals surface area contributed by atoms with Gasteiger partial charge in [0.15, 0.2) is 0 Å². The van der Waals surface area contributed by atoms with E-state index in [1.807, 2.05) is 12.1 Å². The lowest BCUT2D eigenvalue weighted by Gasteiger charge is -2.27. The number of hydrogen-bond donors (Lipinski definition) is 1. The molecule has 0 fully saturated rings. The summed E-state index contributed by atoms with van der Waals surface area (Å²) < 4.78 is 6.35. The molecule has 0 aromatic heterocycles. The molecule has 0 bridgehead atoms. The molecule has 2 aromatic carbocycles. The highest BCUT2D eigenvalue weighted by molar-refractivity contribution is 9.10. The normalized spacial score (nSPS) is 12.4. The molecule has 0 saturated heterocycles. The summed E-state index contributed by atoms with van der Waals surface area (Å²) in [5.74, 6) is 0.883. The SMILES string of the molecule is COc1cccc(CN(C)C(CN)c2ccc(Br)cc2)c1. The van der Waals surface area contributed by atoms with Crippen LogP contribution in [0.4, 0.5) is 0 Å². The van der Waals surface area contributed by atoms with Gasteiger partial charge in [-0.15, -0.1) is 0 Å². The first-order chi connectivity index (χ1) is 10.1. The molecule has 21 heavy (non-hydrogen) atoms. The molecule has 0 aliphatic carbocycles. The number of methoxy groups -OCH3 is 1. The highest BCUT2D eigenvalue weighted by Crippen LogP contribution is 2.23. The molecule has 0 aliphatic rings. The third-order valence-corrected chi connectivity index (χ3v) is 4.10. The topological polar surface area (TPSA) is 38.5 Å². The van der Waals surface area contributed by atoms with Crippen LogP contribution < -0.4 is 10.5 Å². The van der Waals surface area contributed by atoms with E-state index in [1.165, 1.54) is 11.1 Å². The van der Waals surface area contributed by atoms with Gasteiger partial charge in [-0.25, -0.2) is 0 Å². The predicted molar refractivity (Wildman–Crippen MR) is 90.4 cm³/mol. The van der Waals surface area contributed by atoms with Crippen molar-refractivity contribution in [2.45, 2.75) is 12.6 Å². The second-order valence-corrected chi connectivity index (χ2v) is 5.99. The maximum Gasteiger partial charge on any atom is 0.119 e. The predicted octanol–water partition coefficient (Wildman–Crippen LogP) is 3.59. The Hall–Kier alpha value is -1.36. The Balaban J connectivity index is 2.12. The zero-order chi connectivity index (χ0) is 15.2. The lowest BCUT2D eigenvalue weighted by molar-refractivity contribution is 0.241. The van der Waals surface area contributed by atoms with Gasteiger partial charge in [-0.2, -0.15) is 0 Å². The second kappa shape index (κ2) is 7.59. The Morgan fingerprint density at radius 3 is 2.52 bits per heavy atom. The van der Waals surface area contributed by atoms with Crippen molar-refractivity contribution >= 4 is 15.9 Å². The first kappa shape index (κ1) is 16.0. The summed E-state index contributed by atoms with van der Waals surface area (Å²) in [6.07, 6.45) is 0. The van der Waals surface area contributed by atoms with E-state index in [0.717, 1.165) is 16.8 Å². The van der Waals surface area contributed by atoms with Crippen LogP contribution in [0, 0.1) is 0 Å². The highest BCUT2D eigenvalue weighted by atomic mass is 79.9. The van der Waals surface area contributed by atoms with E-state index in [1.54, 1.807) is 7.11 Å². The van der Waals surface area contributed by atoms with Crippen molar-refractivity contribution in [1.82, 2.24) is 4.90 Å².